The van der Waals surface area contributed by atoms with E-state index in [1.165, 1.54) is 6.92 Å². The molecule has 7 aliphatic heterocycles. The molecule has 0 aromatic rings. The van der Waals surface area contributed by atoms with Crippen LogP contribution in [0, 0.1) is 50.2 Å². The standard InChI is InChI=1S/C70H113NO34/c1-29(75)71-40-44(81)51(103-58-48(85)45(82)42(79)34(20-72)98-58)36(24-94-56-49(86)50(33(77)23-92-56)102-57-47(84)41(78)32(76)22-93-57)100-55(40)101-39-12-13-65(6)37(64(39,4)5)11-14-67(8)38(65)10-9-30-31-19-63(2,3)15-17-68(31,18-16-66(30,67)7)62(89)105-59-52(46(83)43(80)35(21-73)99-59)104-61-54(88)70(91,28-97-61)27-96-60-53(87)69(90,25-74)26-95-60/h9,31-61,72-74,76-88,90-91H,10-28H2,1-8H3,(H,71,75)/t31-,32+,33-,34+,35+,36+,37-,38+,39-,40+,41-,42+,43+,44+,45-,46-,47+,48+,49+,50-,51+,52+,53-,54-,55-,56-,57-,58-,59-,60-,61-,65-,66+,67+,68-,69+,70+/m0/s1. The summed E-state index contributed by atoms with van der Waals surface area (Å²) in [6, 6.07) is -1.41. The Morgan fingerprint density at radius 1 is 0.533 bits per heavy atom. The molecule has 12 aliphatic rings. The van der Waals surface area contributed by atoms with E-state index in [1.54, 1.807) is 0 Å². The van der Waals surface area contributed by atoms with Crippen molar-refractivity contribution in [1.82, 2.24) is 5.32 Å². The van der Waals surface area contributed by atoms with Crippen LogP contribution in [0.4, 0.5) is 0 Å². The van der Waals surface area contributed by atoms with E-state index in [2.05, 4.69) is 59.9 Å². The fourth-order valence-electron chi connectivity index (χ4n) is 20.1. The summed E-state index contributed by atoms with van der Waals surface area (Å²) in [6.07, 6.45) is -36.6. The van der Waals surface area contributed by atoms with E-state index < -0.39 is 271 Å². The third-order valence-electron chi connectivity index (χ3n) is 26.8. The molecule has 37 atom stereocenters. The van der Waals surface area contributed by atoms with Crippen molar-refractivity contribution in [2.24, 2.45) is 50.2 Å². The van der Waals surface area contributed by atoms with E-state index in [-0.39, 0.29) is 34.0 Å². The molecular weight excluding hydrogens is 1400 g/mol. The van der Waals surface area contributed by atoms with Gasteiger partial charge in [-0.3, -0.25) is 9.59 Å². The average molecular weight is 1510 g/mol. The molecule has 0 aromatic heterocycles. The van der Waals surface area contributed by atoms with Crippen LogP contribution in [0.25, 0.3) is 0 Å². The van der Waals surface area contributed by atoms with Crippen molar-refractivity contribution in [1.29, 1.82) is 0 Å². The third kappa shape index (κ3) is 14.6. The highest BCUT2D eigenvalue weighted by Crippen LogP contribution is 2.76. The third-order valence-corrected chi connectivity index (χ3v) is 26.8. The fraction of sp³-hybridized carbons (Fsp3) is 0.943. The molecule has 35 heteroatoms. The second kappa shape index (κ2) is 30.7. The first-order valence-electron chi connectivity index (χ1n) is 36.9. The van der Waals surface area contributed by atoms with Crippen LogP contribution in [0.1, 0.15) is 120 Å². The number of hydrogen-bond acceptors (Lipinski definition) is 34. The molecule has 0 aromatic carbocycles. The highest BCUT2D eigenvalue weighted by molar-refractivity contribution is 5.79. The minimum absolute atomic E-state index is 0.0133. The zero-order valence-corrected chi connectivity index (χ0v) is 60.5. The maximum Gasteiger partial charge on any atom is 0.315 e. The lowest BCUT2D eigenvalue weighted by Crippen LogP contribution is -2.69. The highest BCUT2D eigenvalue weighted by Gasteiger charge is 2.71. The topological polar surface area (TPSA) is 540 Å². The molecule has 0 unspecified atom stereocenters. The van der Waals surface area contributed by atoms with E-state index >= 15 is 4.79 Å². The number of aliphatic hydroxyl groups excluding tert-OH is 16. The quantitative estimate of drug-likeness (QED) is 0.0307. The summed E-state index contributed by atoms with van der Waals surface area (Å²) in [5, 5.41) is 199. The molecule has 602 valence electrons. The van der Waals surface area contributed by atoms with Crippen molar-refractivity contribution >= 4 is 11.9 Å². The minimum atomic E-state index is -2.24. The number of amides is 1. The Bertz CT molecular complexity index is 3050. The molecule has 35 nitrogen and oxygen atoms in total. The Balaban J connectivity index is 0.769. The molecule has 105 heavy (non-hydrogen) atoms. The van der Waals surface area contributed by atoms with Gasteiger partial charge in [-0.05, 0) is 109 Å². The normalized spacial score (nSPS) is 52.5. The van der Waals surface area contributed by atoms with Gasteiger partial charge in [0.15, 0.2) is 43.8 Å². The minimum Gasteiger partial charge on any atom is -0.432 e. The SMILES string of the molecule is CC(=O)N[C@H]1[C@H](O[C@H]2CC[C@]3(C)[C@H]4CC=C5[C@@H]6CC(C)(C)CC[C@]6(C(=O)O[C@@H]6O[C@H](CO)[C@@H](O)[C@H](O)[C@H]6O[C@@H]6OC[C@](O)(CO[C@@H]7OC[C@](O)(CO)[C@H]7O)[C@H]6O)CC[C@@]5(C)[C@]4(C)CC[C@H]3C2(C)C)O[C@H](CO[C@@H]2OC[C@H](O)[C@H](O[C@@H]3OC[C@@H](O)[C@H](O)[C@H]3O)[C@H]2O)[C@@H](O[C@@H]2O[C@H](CO)[C@@H](O)[C@H](O)[C@H]2O)[C@@H]1O. The van der Waals surface area contributed by atoms with Gasteiger partial charge in [0.1, 0.15) is 127 Å². The van der Waals surface area contributed by atoms with Crippen molar-refractivity contribution in [2.45, 2.75) is 303 Å². The fourth-order valence-corrected chi connectivity index (χ4v) is 20.1. The maximum atomic E-state index is 15.6. The zero-order valence-electron chi connectivity index (χ0n) is 60.5. The lowest BCUT2D eigenvalue weighted by molar-refractivity contribution is -0.364. The van der Waals surface area contributed by atoms with Gasteiger partial charge in [0.05, 0.1) is 71.0 Å². The summed E-state index contributed by atoms with van der Waals surface area (Å²) < 4.78 is 83.8. The van der Waals surface area contributed by atoms with Gasteiger partial charge in [0.2, 0.25) is 12.2 Å². The summed E-state index contributed by atoms with van der Waals surface area (Å²) >= 11 is 0. The summed E-state index contributed by atoms with van der Waals surface area (Å²) in [4.78, 5) is 28.8. The highest BCUT2D eigenvalue weighted by atomic mass is 16.8. The number of nitrogens with one attached hydrogen (secondary N) is 1. The average Bonchev–Trinajstić information content (AvgIpc) is 1.20. The molecule has 1 amide bonds. The monoisotopic (exact) mass is 1510 g/mol. The lowest BCUT2D eigenvalue weighted by Gasteiger charge is -2.71. The molecule has 0 radical (unpaired) electrons. The van der Waals surface area contributed by atoms with Crippen LogP contribution in [-0.2, 0) is 75.9 Å². The number of carbonyl (C=O) groups excluding carboxylic acids is 2. The number of ether oxygens (including phenoxy) is 14. The van der Waals surface area contributed by atoms with E-state index in [0.717, 1.165) is 18.4 Å². The van der Waals surface area contributed by atoms with Crippen LogP contribution in [-0.4, -0.2) is 347 Å². The number of allylic oxidation sites excluding steroid dienone is 2. The first-order chi connectivity index (χ1) is 49.3. The smallest absolute Gasteiger partial charge is 0.315 e. The largest absolute Gasteiger partial charge is 0.432 e. The van der Waals surface area contributed by atoms with Gasteiger partial charge in [-0.25, -0.2) is 0 Å². The first-order valence-corrected chi connectivity index (χ1v) is 36.9. The predicted molar refractivity (Wildman–Crippen MR) is 348 cm³/mol. The van der Waals surface area contributed by atoms with Crippen molar-refractivity contribution in [3.63, 3.8) is 0 Å². The molecule has 11 fully saturated rings. The van der Waals surface area contributed by atoms with E-state index in [0.29, 0.717) is 51.4 Å². The Labute approximate surface area is 607 Å². The van der Waals surface area contributed by atoms with E-state index in [9.17, 15) is 96.7 Å². The summed E-state index contributed by atoms with van der Waals surface area (Å²) in [5.74, 6) is -1.54. The lowest BCUT2D eigenvalue weighted by atomic mass is 9.33. The van der Waals surface area contributed by atoms with Crippen LogP contribution >= 0.6 is 0 Å². The van der Waals surface area contributed by atoms with Gasteiger partial charge in [-0.1, -0.05) is 60.1 Å². The second-order valence-corrected chi connectivity index (χ2v) is 34.0. The van der Waals surface area contributed by atoms with E-state index in [4.69, 9.17) is 66.3 Å². The van der Waals surface area contributed by atoms with Gasteiger partial charge in [0, 0.05) is 6.92 Å². The number of esters is 1. The summed E-state index contributed by atoms with van der Waals surface area (Å²) in [5.41, 5.74) is -6.32. The number of rotatable bonds is 20. The van der Waals surface area contributed by atoms with Crippen molar-refractivity contribution in [2.75, 3.05) is 59.5 Å². The molecule has 0 bridgehead atoms. The molecule has 0 spiro atoms. The van der Waals surface area contributed by atoms with Crippen LogP contribution in [0.5, 0.6) is 0 Å². The molecule has 19 N–H and O–H groups in total. The Kier molecular flexibility index (Phi) is 24.0. The molecule has 4 saturated carbocycles. The molecule has 7 saturated heterocycles. The van der Waals surface area contributed by atoms with Crippen LogP contribution < -0.4 is 5.32 Å². The molecule has 12 rings (SSSR count). The first kappa shape index (κ1) is 81.9. The maximum absolute atomic E-state index is 15.6. The van der Waals surface area contributed by atoms with Crippen molar-refractivity contribution in [3.05, 3.63) is 11.6 Å². The number of hydrogen-bond donors (Lipinski definition) is 19. The van der Waals surface area contributed by atoms with Crippen molar-refractivity contribution in [3.8, 4) is 0 Å². The second-order valence-electron chi connectivity index (χ2n) is 34.0. The van der Waals surface area contributed by atoms with Crippen LogP contribution in [0.2, 0.25) is 0 Å². The summed E-state index contributed by atoms with van der Waals surface area (Å²) in [7, 11) is 0. The molecule has 5 aliphatic carbocycles. The van der Waals surface area contributed by atoms with Crippen LogP contribution in [0.15, 0.2) is 11.6 Å². The molecule has 7 heterocycles. The Morgan fingerprint density at radius 2 is 1.13 bits per heavy atom. The Morgan fingerprint density at radius 3 is 1.81 bits per heavy atom. The van der Waals surface area contributed by atoms with Gasteiger partial charge in [-0.2, -0.15) is 0 Å². The Hall–Kier alpha value is -2.56. The number of fused-ring (bicyclic) bond motifs is 7. The molecular formula is C70H113NO34. The van der Waals surface area contributed by atoms with Gasteiger partial charge in [-0.15, -0.1) is 0 Å². The zero-order chi connectivity index (χ0) is 76.4. The number of aliphatic hydroxyl groups is 18. The van der Waals surface area contributed by atoms with Gasteiger partial charge < -0.3 is 164 Å². The van der Waals surface area contributed by atoms with Crippen LogP contribution in [0.3, 0.4) is 0 Å². The van der Waals surface area contributed by atoms with Gasteiger partial charge in [0.25, 0.3) is 0 Å². The van der Waals surface area contributed by atoms with Crippen molar-refractivity contribution < 1.29 is 168 Å². The predicted octanol–water partition coefficient (Wildman–Crippen LogP) is -5.86. The summed E-state index contributed by atoms with van der Waals surface area (Å²) in [6.45, 7) is 10.9. The van der Waals surface area contributed by atoms with E-state index in [1.807, 2.05) is 0 Å². The van der Waals surface area contributed by atoms with Gasteiger partial charge >= 0.3 is 5.97 Å². The number of carbonyl (C=O) groups is 2.